The third-order valence-corrected chi connectivity index (χ3v) is 14.2. The van der Waals surface area contributed by atoms with Crippen molar-refractivity contribution in [1.29, 1.82) is 0 Å². The van der Waals surface area contributed by atoms with Gasteiger partial charge in [-0.2, -0.15) is 15.0 Å². The number of fused-ring (bicyclic) bond motifs is 14. The molecule has 0 aliphatic heterocycles. The molecule has 0 aliphatic rings. The van der Waals surface area contributed by atoms with E-state index in [2.05, 4.69) is 255 Å². The van der Waals surface area contributed by atoms with E-state index in [9.17, 15) is 0 Å². The van der Waals surface area contributed by atoms with Crippen LogP contribution < -0.4 is 0 Å². The highest BCUT2D eigenvalue weighted by molar-refractivity contribution is 6.25. The van der Waals surface area contributed by atoms with Crippen molar-refractivity contribution in [1.82, 2.24) is 33.2 Å². The van der Waals surface area contributed by atoms with Gasteiger partial charge in [-0.3, -0.25) is 9.13 Å². The normalized spacial score (nSPS) is 11.8. The summed E-state index contributed by atoms with van der Waals surface area (Å²) in [5, 5.41) is 9.13. The minimum Gasteiger partial charge on any atom is -0.307 e. The molecular formula is C64H43N7. The number of nitrogens with zero attached hydrogens (tertiary/aromatic N) is 7. The first-order chi connectivity index (χ1) is 34.8. The van der Waals surface area contributed by atoms with Crippen molar-refractivity contribution in [3.63, 3.8) is 0 Å². The standard InChI is InChI=1S/C63H39N7.CH4/c1-4-18-40(19-5-1)41-32-34-42(35-33-41)61-64-62(69-55-30-16-12-26-47(55)51-38-36-49-45-24-10-14-28-53(45)67(57(49)59(51)69)43-20-6-2-7-21-43)66-63(65-61)70-56-31-17-13-27-48(56)52-39-37-50-46-25-11-15-29-54(46)68(58(50)60(52)70)44-22-8-3-9-23-44;/h1-39H;1H4. The summed E-state index contributed by atoms with van der Waals surface area (Å²) < 4.78 is 9.37. The highest BCUT2D eigenvalue weighted by Crippen LogP contribution is 2.44. The monoisotopic (exact) mass is 909 g/mol. The van der Waals surface area contributed by atoms with Crippen LogP contribution >= 0.6 is 0 Å². The van der Waals surface area contributed by atoms with E-state index < -0.39 is 0 Å². The van der Waals surface area contributed by atoms with E-state index in [-0.39, 0.29) is 7.43 Å². The molecule has 0 radical (unpaired) electrons. The molecule has 0 fully saturated rings. The molecule has 0 saturated carbocycles. The van der Waals surface area contributed by atoms with E-state index in [1.807, 2.05) is 0 Å². The van der Waals surface area contributed by atoms with Crippen LogP contribution in [0.4, 0.5) is 0 Å². The molecule has 7 nitrogen and oxygen atoms in total. The van der Waals surface area contributed by atoms with Crippen LogP contribution in [0.2, 0.25) is 0 Å². The third-order valence-electron chi connectivity index (χ3n) is 14.2. The van der Waals surface area contributed by atoms with Crippen LogP contribution in [-0.2, 0) is 0 Å². The summed E-state index contributed by atoms with van der Waals surface area (Å²) >= 11 is 0. The molecule has 7 heteroatoms. The summed E-state index contributed by atoms with van der Waals surface area (Å²) in [4.78, 5) is 16.8. The molecule has 0 unspecified atom stereocenters. The van der Waals surface area contributed by atoms with E-state index in [4.69, 9.17) is 15.0 Å². The molecule has 71 heavy (non-hydrogen) atoms. The SMILES string of the molecule is C.c1ccc(-c2ccc(-c3nc(-n4c5ccccc5c5ccc6c7ccccc7n(-c7ccccc7)c6c54)nc(-n4c5ccccc5c5ccc6c7ccccc7n(-c7ccccc7)c6c54)n3)cc2)cc1. The highest BCUT2D eigenvalue weighted by atomic mass is 15.3. The lowest BCUT2D eigenvalue weighted by Gasteiger charge is -2.15. The zero-order chi connectivity index (χ0) is 45.9. The number of para-hydroxylation sites is 6. The zero-order valence-corrected chi connectivity index (χ0v) is 37.6. The molecule has 10 aromatic carbocycles. The van der Waals surface area contributed by atoms with Crippen molar-refractivity contribution in [2.24, 2.45) is 0 Å². The average molecular weight is 910 g/mol. The van der Waals surface area contributed by atoms with Crippen molar-refractivity contribution in [2.45, 2.75) is 7.43 Å². The van der Waals surface area contributed by atoms with E-state index in [0.717, 1.165) is 105 Å². The number of rotatable bonds is 6. The summed E-state index contributed by atoms with van der Waals surface area (Å²) in [6.45, 7) is 0. The van der Waals surface area contributed by atoms with E-state index >= 15 is 0 Å². The van der Waals surface area contributed by atoms with Gasteiger partial charge in [0, 0.05) is 60.0 Å². The fourth-order valence-corrected chi connectivity index (χ4v) is 11.2. The molecule has 0 saturated heterocycles. The number of benzene rings is 10. The van der Waals surface area contributed by atoms with E-state index in [1.54, 1.807) is 0 Å². The predicted octanol–water partition coefficient (Wildman–Crippen LogP) is 16.2. The maximum absolute atomic E-state index is 5.72. The second kappa shape index (κ2) is 15.7. The summed E-state index contributed by atoms with van der Waals surface area (Å²) in [6.07, 6.45) is 0. The van der Waals surface area contributed by atoms with Crippen LogP contribution in [0.5, 0.6) is 0 Å². The Morgan fingerprint density at radius 2 is 0.521 bits per heavy atom. The molecule has 0 atom stereocenters. The highest BCUT2D eigenvalue weighted by Gasteiger charge is 2.26. The summed E-state index contributed by atoms with van der Waals surface area (Å²) in [6, 6.07) is 84.2. The molecule has 5 aromatic heterocycles. The van der Waals surface area contributed by atoms with Gasteiger partial charge < -0.3 is 9.13 Å². The van der Waals surface area contributed by atoms with Gasteiger partial charge in [-0.05, 0) is 59.7 Å². The molecule has 0 bridgehead atoms. The summed E-state index contributed by atoms with van der Waals surface area (Å²) in [5.74, 6) is 1.62. The average Bonchev–Trinajstić information content (AvgIpc) is 4.17. The van der Waals surface area contributed by atoms with Gasteiger partial charge in [0.15, 0.2) is 5.82 Å². The molecule has 0 amide bonds. The minimum absolute atomic E-state index is 0. The quantitative estimate of drug-likeness (QED) is 0.167. The largest absolute Gasteiger partial charge is 0.307 e. The van der Waals surface area contributed by atoms with Gasteiger partial charge in [0.05, 0.1) is 44.1 Å². The van der Waals surface area contributed by atoms with Crippen molar-refractivity contribution in [3.05, 3.63) is 237 Å². The van der Waals surface area contributed by atoms with Gasteiger partial charge in [-0.1, -0.05) is 195 Å². The van der Waals surface area contributed by atoms with Gasteiger partial charge in [-0.15, -0.1) is 0 Å². The maximum Gasteiger partial charge on any atom is 0.240 e. The third kappa shape index (κ3) is 5.93. The van der Waals surface area contributed by atoms with Crippen LogP contribution in [0.15, 0.2) is 237 Å². The molecule has 0 aliphatic carbocycles. The second-order valence-electron chi connectivity index (χ2n) is 18.0. The van der Waals surface area contributed by atoms with Crippen LogP contribution in [0.25, 0.3) is 133 Å². The van der Waals surface area contributed by atoms with Gasteiger partial charge in [-0.25, -0.2) is 0 Å². The fraction of sp³-hybridized carbons (Fsp3) is 0.0156. The lowest BCUT2D eigenvalue weighted by molar-refractivity contribution is 0.893. The molecule has 0 spiro atoms. The molecular weight excluding hydrogens is 867 g/mol. The van der Waals surface area contributed by atoms with Crippen LogP contribution in [0.3, 0.4) is 0 Å². The maximum atomic E-state index is 5.72. The Labute approximate surface area is 408 Å². The first kappa shape index (κ1) is 40.5. The molecule has 334 valence electrons. The topological polar surface area (TPSA) is 58.4 Å². The van der Waals surface area contributed by atoms with Crippen molar-refractivity contribution in [3.8, 4) is 45.8 Å². The van der Waals surface area contributed by atoms with Gasteiger partial charge in [0.2, 0.25) is 11.9 Å². The molecule has 0 N–H and O–H groups in total. The lowest BCUT2D eigenvalue weighted by atomic mass is 10.0. The molecule has 15 aromatic rings. The Bertz CT molecular complexity index is 4310. The smallest absolute Gasteiger partial charge is 0.240 e. The Morgan fingerprint density at radius 1 is 0.225 bits per heavy atom. The van der Waals surface area contributed by atoms with Crippen LogP contribution in [-0.4, -0.2) is 33.2 Å². The number of hydrogen-bond donors (Lipinski definition) is 0. The van der Waals surface area contributed by atoms with Crippen molar-refractivity contribution in [2.75, 3.05) is 0 Å². The Hall–Kier alpha value is -9.59. The lowest BCUT2D eigenvalue weighted by Crippen LogP contribution is -2.11. The Balaban J connectivity index is 0.00000470. The Morgan fingerprint density at radius 3 is 0.915 bits per heavy atom. The van der Waals surface area contributed by atoms with E-state index in [1.165, 1.54) is 10.8 Å². The van der Waals surface area contributed by atoms with Crippen LogP contribution in [0.1, 0.15) is 7.43 Å². The zero-order valence-electron chi connectivity index (χ0n) is 37.6. The summed E-state index contributed by atoms with van der Waals surface area (Å²) in [5.41, 5.74) is 13.8. The van der Waals surface area contributed by atoms with Gasteiger partial charge in [0.25, 0.3) is 0 Å². The van der Waals surface area contributed by atoms with Gasteiger partial charge >= 0.3 is 0 Å². The fourth-order valence-electron chi connectivity index (χ4n) is 11.2. The number of hydrogen-bond acceptors (Lipinski definition) is 3. The molecule has 15 rings (SSSR count). The van der Waals surface area contributed by atoms with Gasteiger partial charge in [0.1, 0.15) is 0 Å². The minimum atomic E-state index is 0. The number of aromatic nitrogens is 7. The van der Waals surface area contributed by atoms with Crippen LogP contribution in [0, 0.1) is 0 Å². The molecule has 5 heterocycles. The van der Waals surface area contributed by atoms with Crippen molar-refractivity contribution < 1.29 is 0 Å². The summed E-state index contributed by atoms with van der Waals surface area (Å²) in [7, 11) is 0. The first-order valence-electron chi connectivity index (χ1n) is 23.7. The predicted molar refractivity (Wildman–Crippen MR) is 295 cm³/mol. The Kier molecular flexibility index (Phi) is 8.97. The first-order valence-corrected chi connectivity index (χ1v) is 23.7. The van der Waals surface area contributed by atoms with Crippen molar-refractivity contribution >= 4 is 87.2 Å². The van der Waals surface area contributed by atoms with E-state index in [0.29, 0.717) is 17.7 Å². The second-order valence-corrected chi connectivity index (χ2v) is 18.0.